The van der Waals surface area contributed by atoms with Gasteiger partial charge < -0.3 is 10.6 Å². The number of carbonyl (C=O) groups excluding carboxylic acids is 1. The van der Waals surface area contributed by atoms with Crippen molar-refractivity contribution in [2.75, 3.05) is 11.9 Å². The minimum absolute atomic E-state index is 0.00454. The van der Waals surface area contributed by atoms with Crippen LogP contribution in [0.25, 0.3) is 0 Å². The van der Waals surface area contributed by atoms with Crippen molar-refractivity contribution in [3.8, 4) is 0 Å². The van der Waals surface area contributed by atoms with Crippen molar-refractivity contribution in [2.45, 2.75) is 39.7 Å². The zero-order valence-electron chi connectivity index (χ0n) is 9.91. The Labute approximate surface area is 99.8 Å². The molecular formula is C10H18N4OS. The molecule has 1 amide bonds. The van der Waals surface area contributed by atoms with Gasteiger partial charge in [0, 0.05) is 24.5 Å². The lowest BCUT2D eigenvalue weighted by Crippen LogP contribution is -2.37. The summed E-state index contributed by atoms with van der Waals surface area (Å²) in [6, 6.07) is -0.274. The number of nitrogens with one attached hydrogen (secondary N) is 2. The molecule has 0 spiro atoms. The topological polar surface area (TPSA) is 66.9 Å². The molecule has 0 bridgehead atoms. The predicted molar refractivity (Wildman–Crippen MR) is 65.7 cm³/mol. The number of hydrogen-bond acceptors (Lipinski definition) is 5. The first-order valence-corrected chi connectivity index (χ1v) is 6.31. The molecule has 0 fully saturated rings. The van der Waals surface area contributed by atoms with Crippen LogP contribution in [0.4, 0.5) is 5.13 Å². The van der Waals surface area contributed by atoms with Crippen LogP contribution in [0.2, 0.25) is 0 Å². The molecule has 6 heteroatoms. The Hall–Kier alpha value is -1.17. The standard InChI is InChI=1S/C10H18N4OS/c1-4-6-11-9(15)7(3)12-10-13-8(5-2)14-16-10/h7H,4-6H2,1-3H3,(H,11,15)(H,12,13,14). The van der Waals surface area contributed by atoms with Crippen LogP contribution in [0.5, 0.6) is 0 Å². The van der Waals surface area contributed by atoms with Crippen molar-refractivity contribution in [1.82, 2.24) is 14.7 Å². The second-order valence-electron chi connectivity index (χ2n) is 3.53. The van der Waals surface area contributed by atoms with E-state index in [0.717, 1.165) is 18.7 Å². The summed E-state index contributed by atoms with van der Waals surface area (Å²) in [5.74, 6) is 0.809. The van der Waals surface area contributed by atoms with Gasteiger partial charge in [0.1, 0.15) is 11.9 Å². The molecule has 0 radical (unpaired) electrons. The van der Waals surface area contributed by atoms with Crippen LogP contribution in [0.15, 0.2) is 0 Å². The lowest BCUT2D eigenvalue weighted by atomic mass is 10.3. The number of amides is 1. The summed E-state index contributed by atoms with van der Waals surface area (Å²) < 4.78 is 4.15. The van der Waals surface area contributed by atoms with Crippen LogP contribution in [0, 0.1) is 0 Å². The molecule has 2 N–H and O–H groups in total. The van der Waals surface area contributed by atoms with Gasteiger partial charge >= 0.3 is 0 Å². The number of rotatable bonds is 6. The van der Waals surface area contributed by atoms with E-state index in [1.165, 1.54) is 11.5 Å². The van der Waals surface area contributed by atoms with E-state index in [9.17, 15) is 4.79 Å². The Morgan fingerprint density at radius 1 is 1.50 bits per heavy atom. The summed E-state index contributed by atoms with van der Waals surface area (Å²) in [6.07, 6.45) is 1.76. The van der Waals surface area contributed by atoms with Gasteiger partial charge in [-0.3, -0.25) is 4.79 Å². The molecule has 1 atom stereocenters. The average Bonchev–Trinajstić information content (AvgIpc) is 2.73. The Kier molecular flexibility index (Phi) is 5.18. The van der Waals surface area contributed by atoms with Gasteiger partial charge in [0.2, 0.25) is 11.0 Å². The number of carbonyl (C=O) groups is 1. The maximum Gasteiger partial charge on any atom is 0.242 e. The van der Waals surface area contributed by atoms with Gasteiger partial charge in [0.05, 0.1) is 0 Å². The first kappa shape index (κ1) is 12.9. The van der Waals surface area contributed by atoms with E-state index in [0.29, 0.717) is 11.7 Å². The van der Waals surface area contributed by atoms with Crippen LogP contribution in [0.1, 0.15) is 33.0 Å². The van der Waals surface area contributed by atoms with E-state index < -0.39 is 0 Å². The van der Waals surface area contributed by atoms with Crippen LogP contribution in [-0.4, -0.2) is 27.9 Å². The van der Waals surface area contributed by atoms with E-state index in [-0.39, 0.29) is 11.9 Å². The van der Waals surface area contributed by atoms with Crippen molar-refractivity contribution >= 4 is 22.6 Å². The Morgan fingerprint density at radius 2 is 2.25 bits per heavy atom. The fourth-order valence-electron chi connectivity index (χ4n) is 1.11. The van der Waals surface area contributed by atoms with E-state index in [1.807, 2.05) is 20.8 Å². The van der Waals surface area contributed by atoms with E-state index in [4.69, 9.17) is 0 Å². The highest BCUT2D eigenvalue weighted by Crippen LogP contribution is 2.12. The smallest absolute Gasteiger partial charge is 0.242 e. The normalized spacial score (nSPS) is 12.2. The van der Waals surface area contributed by atoms with E-state index in [2.05, 4.69) is 20.0 Å². The van der Waals surface area contributed by atoms with Crippen molar-refractivity contribution in [3.63, 3.8) is 0 Å². The first-order chi connectivity index (χ1) is 7.67. The average molecular weight is 242 g/mol. The molecule has 0 aliphatic heterocycles. The predicted octanol–water partition coefficient (Wildman–Crippen LogP) is 1.43. The molecule has 0 aliphatic rings. The monoisotopic (exact) mass is 242 g/mol. The third kappa shape index (κ3) is 3.77. The molecule has 90 valence electrons. The fraction of sp³-hybridized carbons (Fsp3) is 0.700. The van der Waals surface area contributed by atoms with Crippen LogP contribution in [0.3, 0.4) is 0 Å². The van der Waals surface area contributed by atoms with Gasteiger partial charge in [0.25, 0.3) is 0 Å². The summed E-state index contributed by atoms with van der Waals surface area (Å²) in [4.78, 5) is 15.8. The van der Waals surface area contributed by atoms with Crippen molar-refractivity contribution in [3.05, 3.63) is 5.82 Å². The van der Waals surface area contributed by atoms with Gasteiger partial charge in [-0.2, -0.15) is 4.37 Å². The Bertz CT molecular complexity index is 339. The fourth-order valence-corrected chi connectivity index (χ4v) is 1.85. The highest BCUT2D eigenvalue weighted by atomic mass is 32.1. The third-order valence-corrected chi connectivity index (χ3v) is 2.75. The summed E-state index contributed by atoms with van der Waals surface area (Å²) in [5.41, 5.74) is 0. The second-order valence-corrected chi connectivity index (χ2v) is 4.28. The minimum atomic E-state index is -0.274. The molecule has 0 aliphatic carbocycles. The van der Waals surface area contributed by atoms with Crippen LogP contribution < -0.4 is 10.6 Å². The molecule has 1 rings (SSSR count). The van der Waals surface area contributed by atoms with Crippen LogP contribution >= 0.6 is 11.5 Å². The van der Waals surface area contributed by atoms with Gasteiger partial charge in [-0.05, 0) is 13.3 Å². The molecule has 16 heavy (non-hydrogen) atoms. The largest absolute Gasteiger partial charge is 0.354 e. The summed E-state index contributed by atoms with van der Waals surface area (Å²) in [5, 5.41) is 6.57. The van der Waals surface area contributed by atoms with Gasteiger partial charge in [-0.1, -0.05) is 13.8 Å². The maximum atomic E-state index is 11.6. The molecule has 0 saturated carbocycles. The zero-order chi connectivity index (χ0) is 12.0. The number of aryl methyl sites for hydroxylation is 1. The highest BCUT2D eigenvalue weighted by molar-refractivity contribution is 7.09. The lowest BCUT2D eigenvalue weighted by molar-refractivity contribution is -0.121. The molecule has 5 nitrogen and oxygen atoms in total. The Balaban J connectivity index is 2.43. The number of hydrogen-bond donors (Lipinski definition) is 2. The Morgan fingerprint density at radius 3 is 2.81 bits per heavy atom. The SMILES string of the molecule is CCCNC(=O)C(C)Nc1nc(CC)ns1. The third-order valence-electron chi connectivity index (χ3n) is 2.07. The molecular weight excluding hydrogens is 224 g/mol. The minimum Gasteiger partial charge on any atom is -0.354 e. The second kappa shape index (κ2) is 6.42. The van der Waals surface area contributed by atoms with Gasteiger partial charge in [0.15, 0.2) is 0 Å². The van der Waals surface area contributed by atoms with E-state index in [1.54, 1.807) is 0 Å². The van der Waals surface area contributed by atoms with E-state index >= 15 is 0 Å². The molecule has 0 aromatic carbocycles. The molecule has 0 saturated heterocycles. The molecule has 1 heterocycles. The van der Waals surface area contributed by atoms with Crippen molar-refractivity contribution in [1.29, 1.82) is 0 Å². The lowest BCUT2D eigenvalue weighted by Gasteiger charge is -2.12. The number of nitrogens with zero attached hydrogens (tertiary/aromatic N) is 2. The van der Waals surface area contributed by atoms with Crippen LogP contribution in [-0.2, 0) is 11.2 Å². The van der Waals surface area contributed by atoms with Gasteiger partial charge in [-0.25, -0.2) is 4.98 Å². The summed E-state index contributed by atoms with van der Waals surface area (Å²) in [6.45, 7) is 6.55. The maximum absolute atomic E-state index is 11.6. The van der Waals surface area contributed by atoms with Crippen molar-refractivity contribution in [2.24, 2.45) is 0 Å². The highest BCUT2D eigenvalue weighted by Gasteiger charge is 2.13. The number of aromatic nitrogens is 2. The van der Waals surface area contributed by atoms with Crippen molar-refractivity contribution < 1.29 is 4.79 Å². The molecule has 1 unspecified atom stereocenters. The molecule has 1 aromatic heterocycles. The number of anilines is 1. The molecule has 1 aromatic rings. The quantitative estimate of drug-likeness (QED) is 0.792. The summed E-state index contributed by atoms with van der Waals surface area (Å²) in [7, 11) is 0. The summed E-state index contributed by atoms with van der Waals surface area (Å²) >= 11 is 1.29. The first-order valence-electron chi connectivity index (χ1n) is 5.54. The van der Waals surface area contributed by atoms with Gasteiger partial charge in [-0.15, -0.1) is 0 Å². The zero-order valence-corrected chi connectivity index (χ0v) is 10.7.